The number of ether oxygens (including phenoxy) is 1. The summed E-state index contributed by atoms with van der Waals surface area (Å²) in [5.74, 6) is -0.208. The Morgan fingerprint density at radius 2 is 1.96 bits per heavy atom. The number of benzene rings is 1. The molecule has 1 aromatic heterocycles. The Morgan fingerprint density at radius 3 is 2.52 bits per heavy atom. The number of anilines is 1. The fourth-order valence-electron chi connectivity index (χ4n) is 2.34. The van der Waals surface area contributed by atoms with Gasteiger partial charge in [-0.3, -0.25) is 4.79 Å². The Bertz CT molecular complexity index is 908. The topological polar surface area (TPSA) is 116 Å². The Labute approximate surface area is 163 Å². The summed E-state index contributed by atoms with van der Waals surface area (Å²) in [6.45, 7) is 6.93. The van der Waals surface area contributed by atoms with E-state index in [4.69, 9.17) is 9.88 Å². The third-order valence-corrected chi connectivity index (χ3v) is 6.06. The molecule has 0 fully saturated rings. The van der Waals surface area contributed by atoms with Gasteiger partial charge in [0.1, 0.15) is 0 Å². The standard InChI is InChI=1S/C17H24N4O4S2/c1-11-12(2)21(9-10-25-4)17(19-11)26-13(3)16(22)20-14-5-7-15(8-6-14)27(18,23)24/h5-8,13H,9-10H2,1-4H3,(H,20,22)(H2,18,23,24). The number of sulfonamides is 1. The molecule has 0 aliphatic carbocycles. The number of aromatic nitrogens is 2. The minimum Gasteiger partial charge on any atom is -0.383 e. The van der Waals surface area contributed by atoms with Crippen molar-refractivity contribution in [3.8, 4) is 0 Å². The third-order valence-electron chi connectivity index (χ3n) is 4.04. The molecular weight excluding hydrogens is 388 g/mol. The predicted molar refractivity (Wildman–Crippen MR) is 105 cm³/mol. The molecule has 2 aromatic rings. The van der Waals surface area contributed by atoms with Crippen molar-refractivity contribution in [2.24, 2.45) is 5.14 Å². The fraction of sp³-hybridized carbons (Fsp3) is 0.412. The number of thioether (sulfide) groups is 1. The molecule has 1 amide bonds. The van der Waals surface area contributed by atoms with Crippen molar-refractivity contribution in [3.05, 3.63) is 35.7 Å². The molecular formula is C17H24N4O4S2. The monoisotopic (exact) mass is 412 g/mol. The van der Waals surface area contributed by atoms with E-state index in [1.54, 1.807) is 14.0 Å². The molecule has 8 nitrogen and oxygen atoms in total. The quantitative estimate of drug-likeness (QED) is 0.640. The van der Waals surface area contributed by atoms with Gasteiger partial charge in [0, 0.05) is 25.0 Å². The smallest absolute Gasteiger partial charge is 0.238 e. The summed E-state index contributed by atoms with van der Waals surface area (Å²) < 4.78 is 29.7. The number of carbonyl (C=O) groups excluding carboxylic acids is 1. The lowest BCUT2D eigenvalue weighted by molar-refractivity contribution is -0.115. The number of amides is 1. The van der Waals surface area contributed by atoms with Crippen LogP contribution in [-0.4, -0.2) is 42.8 Å². The summed E-state index contributed by atoms with van der Waals surface area (Å²) in [6, 6.07) is 5.71. The Balaban J connectivity index is 2.07. The second-order valence-corrected chi connectivity index (χ2v) is 8.90. The average Bonchev–Trinajstić information content (AvgIpc) is 2.86. The summed E-state index contributed by atoms with van der Waals surface area (Å²) in [5.41, 5.74) is 2.45. The van der Waals surface area contributed by atoms with Gasteiger partial charge in [0.25, 0.3) is 0 Å². The molecule has 0 spiro atoms. The number of nitrogens with two attached hydrogens (primary N) is 1. The lowest BCUT2D eigenvalue weighted by atomic mass is 10.3. The molecule has 1 atom stereocenters. The molecule has 3 N–H and O–H groups in total. The highest BCUT2D eigenvalue weighted by Gasteiger charge is 2.20. The summed E-state index contributed by atoms with van der Waals surface area (Å²) in [5, 5.41) is 8.20. The highest BCUT2D eigenvalue weighted by atomic mass is 32.2. The Morgan fingerprint density at radius 1 is 1.33 bits per heavy atom. The number of rotatable bonds is 8. The maximum atomic E-state index is 12.5. The number of primary sulfonamides is 1. The molecule has 2 rings (SSSR count). The number of imidazole rings is 1. The zero-order valence-electron chi connectivity index (χ0n) is 15.7. The van der Waals surface area contributed by atoms with Crippen molar-refractivity contribution >= 4 is 33.4 Å². The number of nitrogens with zero attached hydrogens (tertiary/aromatic N) is 2. The van der Waals surface area contributed by atoms with Crippen LogP contribution < -0.4 is 10.5 Å². The van der Waals surface area contributed by atoms with Crippen molar-refractivity contribution in [1.29, 1.82) is 0 Å². The molecule has 1 aromatic carbocycles. The van der Waals surface area contributed by atoms with Crippen LogP contribution in [0, 0.1) is 13.8 Å². The van der Waals surface area contributed by atoms with Crippen LogP contribution >= 0.6 is 11.8 Å². The first-order valence-corrected chi connectivity index (χ1v) is 10.7. The normalized spacial score (nSPS) is 12.8. The molecule has 1 heterocycles. The van der Waals surface area contributed by atoms with Crippen LogP contribution in [0.4, 0.5) is 5.69 Å². The Hall–Kier alpha value is -1.88. The van der Waals surface area contributed by atoms with Crippen LogP contribution in [-0.2, 0) is 26.1 Å². The van der Waals surface area contributed by atoms with Gasteiger partial charge >= 0.3 is 0 Å². The van der Waals surface area contributed by atoms with Crippen LogP contribution in [0.1, 0.15) is 18.3 Å². The fourth-order valence-corrected chi connectivity index (χ4v) is 3.89. The lowest BCUT2D eigenvalue weighted by Gasteiger charge is -2.14. The van der Waals surface area contributed by atoms with E-state index in [2.05, 4.69) is 10.3 Å². The third kappa shape index (κ3) is 5.55. The van der Waals surface area contributed by atoms with Crippen LogP contribution in [0.5, 0.6) is 0 Å². The van der Waals surface area contributed by atoms with Crippen LogP contribution in [0.15, 0.2) is 34.3 Å². The van der Waals surface area contributed by atoms with Crippen molar-refractivity contribution in [1.82, 2.24) is 9.55 Å². The first-order chi connectivity index (χ1) is 12.6. The molecule has 0 aliphatic heterocycles. The van der Waals surface area contributed by atoms with E-state index < -0.39 is 15.3 Å². The number of aryl methyl sites for hydroxylation is 1. The summed E-state index contributed by atoms with van der Waals surface area (Å²) in [4.78, 5) is 17.0. The molecule has 0 saturated heterocycles. The maximum absolute atomic E-state index is 12.5. The lowest BCUT2D eigenvalue weighted by Crippen LogP contribution is -2.23. The van der Waals surface area contributed by atoms with E-state index in [9.17, 15) is 13.2 Å². The molecule has 0 bridgehead atoms. The molecule has 0 saturated carbocycles. The first-order valence-electron chi connectivity index (χ1n) is 8.26. The number of hydrogen-bond acceptors (Lipinski definition) is 6. The molecule has 0 radical (unpaired) electrons. The van der Waals surface area contributed by atoms with Gasteiger partial charge in [0.2, 0.25) is 15.9 Å². The van der Waals surface area contributed by atoms with Gasteiger partial charge in [0.15, 0.2) is 5.16 Å². The van der Waals surface area contributed by atoms with Crippen molar-refractivity contribution in [3.63, 3.8) is 0 Å². The second kappa shape index (κ2) is 8.87. The number of carbonyl (C=O) groups is 1. The number of methoxy groups -OCH3 is 1. The van der Waals surface area contributed by atoms with Crippen molar-refractivity contribution < 1.29 is 17.9 Å². The van der Waals surface area contributed by atoms with Gasteiger partial charge in [-0.15, -0.1) is 0 Å². The van der Waals surface area contributed by atoms with E-state index in [0.29, 0.717) is 18.8 Å². The second-order valence-electron chi connectivity index (χ2n) is 6.03. The summed E-state index contributed by atoms with van der Waals surface area (Å²) >= 11 is 1.36. The maximum Gasteiger partial charge on any atom is 0.238 e. The molecule has 1 unspecified atom stereocenters. The molecule has 0 aliphatic rings. The van der Waals surface area contributed by atoms with E-state index in [-0.39, 0.29) is 10.8 Å². The van der Waals surface area contributed by atoms with Gasteiger partial charge in [-0.25, -0.2) is 18.5 Å². The minimum atomic E-state index is -3.76. The van der Waals surface area contributed by atoms with Gasteiger partial charge in [0.05, 0.1) is 22.4 Å². The predicted octanol–water partition coefficient (Wildman–Crippen LogP) is 1.91. The van der Waals surface area contributed by atoms with Crippen molar-refractivity contribution in [2.45, 2.75) is 42.6 Å². The Kier molecular flexibility index (Phi) is 7.04. The van der Waals surface area contributed by atoms with Gasteiger partial charge in [-0.1, -0.05) is 11.8 Å². The zero-order valence-corrected chi connectivity index (χ0v) is 17.4. The van der Waals surface area contributed by atoms with E-state index in [0.717, 1.165) is 16.5 Å². The van der Waals surface area contributed by atoms with E-state index in [1.807, 2.05) is 18.4 Å². The average molecular weight is 413 g/mol. The highest BCUT2D eigenvalue weighted by Crippen LogP contribution is 2.26. The van der Waals surface area contributed by atoms with Gasteiger partial charge in [-0.05, 0) is 45.0 Å². The van der Waals surface area contributed by atoms with E-state index >= 15 is 0 Å². The highest BCUT2D eigenvalue weighted by molar-refractivity contribution is 8.00. The largest absolute Gasteiger partial charge is 0.383 e. The van der Waals surface area contributed by atoms with Gasteiger partial charge < -0.3 is 14.6 Å². The summed E-state index contributed by atoms with van der Waals surface area (Å²) in [7, 11) is -2.12. The number of nitrogens with one attached hydrogen (secondary N) is 1. The SMILES string of the molecule is COCCn1c(SC(C)C(=O)Nc2ccc(S(N)(=O)=O)cc2)nc(C)c1C. The van der Waals surface area contributed by atoms with Crippen LogP contribution in [0.3, 0.4) is 0 Å². The van der Waals surface area contributed by atoms with Crippen LogP contribution in [0.25, 0.3) is 0 Å². The van der Waals surface area contributed by atoms with Gasteiger partial charge in [-0.2, -0.15) is 0 Å². The zero-order chi connectivity index (χ0) is 20.2. The molecule has 27 heavy (non-hydrogen) atoms. The molecule has 10 heteroatoms. The first kappa shape index (κ1) is 21.4. The van der Waals surface area contributed by atoms with E-state index in [1.165, 1.54) is 36.0 Å². The van der Waals surface area contributed by atoms with Crippen molar-refractivity contribution in [2.75, 3.05) is 19.0 Å². The number of hydrogen-bond donors (Lipinski definition) is 2. The minimum absolute atomic E-state index is 0.00552. The molecule has 148 valence electrons. The summed E-state index contributed by atoms with van der Waals surface area (Å²) in [6.07, 6.45) is 0. The van der Waals surface area contributed by atoms with Crippen LogP contribution in [0.2, 0.25) is 0 Å².